The summed E-state index contributed by atoms with van der Waals surface area (Å²) in [6.45, 7) is 6.34. The Morgan fingerprint density at radius 2 is 2.00 bits per heavy atom. The molecule has 3 aromatic rings. The van der Waals surface area contributed by atoms with Gasteiger partial charge in [-0.1, -0.05) is 11.6 Å². The molecule has 1 N–H and O–H groups in total. The highest BCUT2D eigenvalue weighted by Gasteiger charge is 2.16. The number of nitrogens with one attached hydrogen (secondary N) is 1. The molecule has 2 aromatic heterocycles. The van der Waals surface area contributed by atoms with Gasteiger partial charge in [-0.25, -0.2) is 9.67 Å². The second-order valence-electron chi connectivity index (χ2n) is 6.82. The summed E-state index contributed by atoms with van der Waals surface area (Å²) in [7, 11) is 3.34. The quantitative estimate of drug-likeness (QED) is 0.587. The second kappa shape index (κ2) is 9.21. The standard InChI is InChI=1S/C21H25ClN4O4/c1-6-29-19-15(22)8-14(9-16(19)28-5)10-23-17(27)11-30-21-18-12(2)7-13(3)24-20(18)26(4)25-21/h7-9H,6,10-11H2,1-5H3,(H,23,27). The summed E-state index contributed by atoms with van der Waals surface area (Å²) in [6, 6.07) is 5.47. The molecule has 0 aliphatic rings. The number of ether oxygens (including phenoxy) is 3. The summed E-state index contributed by atoms with van der Waals surface area (Å²) in [5, 5.41) is 8.39. The molecule has 1 amide bonds. The monoisotopic (exact) mass is 432 g/mol. The van der Waals surface area contributed by atoms with E-state index in [0.717, 1.165) is 27.9 Å². The van der Waals surface area contributed by atoms with Gasteiger partial charge in [0.25, 0.3) is 5.91 Å². The number of hydrogen-bond acceptors (Lipinski definition) is 6. The lowest BCUT2D eigenvalue weighted by Crippen LogP contribution is -2.28. The number of carbonyl (C=O) groups excluding carboxylic acids is 1. The van der Waals surface area contributed by atoms with Gasteiger partial charge in [0.15, 0.2) is 23.8 Å². The maximum atomic E-state index is 12.3. The van der Waals surface area contributed by atoms with Crippen molar-refractivity contribution in [3.8, 4) is 17.4 Å². The predicted molar refractivity (Wildman–Crippen MR) is 114 cm³/mol. The maximum Gasteiger partial charge on any atom is 0.258 e. The molecule has 0 atom stereocenters. The maximum absolute atomic E-state index is 12.3. The summed E-state index contributed by atoms with van der Waals surface area (Å²) in [5.74, 6) is 1.11. The number of amides is 1. The number of fused-ring (bicyclic) bond motifs is 1. The van der Waals surface area contributed by atoms with Crippen LogP contribution in [0.15, 0.2) is 18.2 Å². The zero-order valence-electron chi connectivity index (χ0n) is 17.7. The van der Waals surface area contributed by atoms with E-state index in [9.17, 15) is 4.79 Å². The fourth-order valence-corrected chi connectivity index (χ4v) is 3.48. The minimum Gasteiger partial charge on any atom is -0.493 e. The van der Waals surface area contributed by atoms with Crippen molar-refractivity contribution in [2.75, 3.05) is 20.3 Å². The molecular weight excluding hydrogens is 408 g/mol. The van der Waals surface area contributed by atoms with Crippen LogP contribution in [0, 0.1) is 13.8 Å². The highest BCUT2D eigenvalue weighted by Crippen LogP contribution is 2.36. The molecule has 0 fully saturated rings. The molecule has 1 aromatic carbocycles. The van der Waals surface area contributed by atoms with Gasteiger partial charge >= 0.3 is 0 Å². The number of rotatable bonds is 8. The first-order valence-corrected chi connectivity index (χ1v) is 9.91. The Morgan fingerprint density at radius 3 is 2.70 bits per heavy atom. The van der Waals surface area contributed by atoms with Gasteiger partial charge in [0, 0.05) is 19.3 Å². The lowest BCUT2D eigenvalue weighted by Gasteiger charge is -2.13. The Kier molecular flexibility index (Phi) is 6.66. The largest absolute Gasteiger partial charge is 0.493 e. The molecule has 30 heavy (non-hydrogen) atoms. The van der Waals surface area contributed by atoms with Crippen molar-refractivity contribution in [2.24, 2.45) is 7.05 Å². The van der Waals surface area contributed by atoms with Crippen molar-refractivity contribution in [3.63, 3.8) is 0 Å². The van der Waals surface area contributed by atoms with Crippen LogP contribution in [0.5, 0.6) is 17.4 Å². The summed E-state index contributed by atoms with van der Waals surface area (Å²) >= 11 is 6.27. The molecule has 9 heteroatoms. The molecule has 0 saturated heterocycles. The Balaban J connectivity index is 1.65. The molecule has 8 nitrogen and oxygen atoms in total. The molecule has 160 valence electrons. The molecule has 0 saturated carbocycles. The first-order chi connectivity index (χ1) is 14.3. The Labute approximate surface area is 180 Å². The van der Waals surface area contributed by atoms with E-state index in [0.29, 0.717) is 29.0 Å². The minimum atomic E-state index is -0.282. The highest BCUT2D eigenvalue weighted by molar-refractivity contribution is 6.32. The van der Waals surface area contributed by atoms with Crippen LogP contribution in [0.2, 0.25) is 5.02 Å². The zero-order valence-corrected chi connectivity index (χ0v) is 18.5. The van der Waals surface area contributed by atoms with Crippen LogP contribution in [0.3, 0.4) is 0 Å². The first-order valence-electron chi connectivity index (χ1n) is 9.53. The molecular formula is C21H25ClN4O4. The fraction of sp³-hybridized carbons (Fsp3) is 0.381. The van der Waals surface area contributed by atoms with Crippen molar-refractivity contribution in [1.82, 2.24) is 20.1 Å². The Hall–Kier alpha value is -3.00. The molecule has 0 unspecified atom stereocenters. The van der Waals surface area contributed by atoms with E-state index in [1.165, 1.54) is 0 Å². The van der Waals surface area contributed by atoms with E-state index in [2.05, 4.69) is 15.4 Å². The summed E-state index contributed by atoms with van der Waals surface area (Å²) < 4.78 is 18.2. The van der Waals surface area contributed by atoms with Crippen molar-refractivity contribution in [2.45, 2.75) is 27.3 Å². The van der Waals surface area contributed by atoms with E-state index in [-0.39, 0.29) is 19.1 Å². The van der Waals surface area contributed by atoms with Crippen LogP contribution in [0.25, 0.3) is 11.0 Å². The van der Waals surface area contributed by atoms with Crippen molar-refractivity contribution >= 4 is 28.5 Å². The number of carbonyl (C=O) groups is 1. The van der Waals surface area contributed by atoms with Crippen LogP contribution in [-0.4, -0.2) is 41.0 Å². The number of aryl methyl sites for hydroxylation is 3. The molecule has 2 heterocycles. The van der Waals surface area contributed by atoms with Crippen LogP contribution in [0.1, 0.15) is 23.7 Å². The van der Waals surface area contributed by atoms with Gasteiger partial charge in [0.2, 0.25) is 5.88 Å². The number of hydrogen-bond donors (Lipinski definition) is 1. The van der Waals surface area contributed by atoms with E-state index in [1.807, 2.05) is 26.8 Å². The number of nitrogens with zero attached hydrogens (tertiary/aromatic N) is 3. The average molecular weight is 433 g/mol. The van der Waals surface area contributed by atoms with Gasteiger partial charge in [0.1, 0.15) is 0 Å². The van der Waals surface area contributed by atoms with Gasteiger partial charge in [-0.3, -0.25) is 4.79 Å². The second-order valence-corrected chi connectivity index (χ2v) is 7.22. The molecule has 0 aliphatic carbocycles. The van der Waals surface area contributed by atoms with Crippen LogP contribution in [0.4, 0.5) is 0 Å². The molecule has 0 spiro atoms. The van der Waals surface area contributed by atoms with Gasteiger partial charge in [-0.15, -0.1) is 5.10 Å². The first kappa shape index (κ1) is 21.7. The Morgan fingerprint density at radius 1 is 1.23 bits per heavy atom. The van der Waals surface area contributed by atoms with Gasteiger partial charge in [-0.2, -0.15) is 0 Å². The Bertz CT molecular complexity index is 1080. The zero-order chi connectivity index (χ0) is 21.8. The van der Waals surface area contributed by atoms with Gasteiger partial charge in [0.05, 0.1) is 24.1 Å². The SMILES string of the molecule is CCOc1c(Cl)cc(CNC(=O)COc2nn(C)c3nc(C)cc(C)c23)cc1OC. The predicted octanol–water partition coefficient (Wildman–Crippen LogP) is 3.34. The molecule has 3 rings (SSSR count). The van der Waals surface area contributed by atoms with Gasteiger partial charge < -0.3 is 19.5 Å². The van der Waals surface area contributed by atoms with E-state index in [4.69, 9.17) is 25.8 Å². The lowest BCUT2D eigenvalue weighted by molar-refractivity contribution is -0.123. The average Bonchev–Trinajstić information content (AvgIpc) is 3.02. The summed E-state index contributed by atoms with van der Waals surface area (Å²) in [5.41, 5.74) is 3.40. The van der Waals surface area contributed by atoms with E-state index < -0.39 is 0 Å². The lowest BCUT2D eigenvalue weighted by atomic mass is 10.2. The normalized spacial score (nSPS) is 10.9. The molecule has 0 radical (unpaired) electrons. The van der Waals surface area contributed by atoms with E-state index in [1.54, 1.807) is 31.0 Å². The summed E-state index contributed by atoms with van der Waals surface area (Å²) in [6.07, 6.45) is 0. The minimum absolute atomic E-state index is 0.165. The van der Waals surface area contributed by atoms with Crippen molar-refractivity contribution < 1.29 is 19.0 Å². The molecule has 0 bridgehead atoms. The number of methoxy groups -OCH3 is 1. The smallest absolute Gasteiger partial charge is 0.258 e. The number of halogens is 1. The summed E-state index contributed by atoms with van der Waals surface area (Å²) in [4.78, 5) is 16.8. The third kappa shape index (κ3) is 4.59. The van der Waals surface area contributed by atoms with Crippen LogP contribution >= 0.6 is 11.6 Å². The highest BCUT2D eigenvalue weighted by atomic mass is 35.5. The topological polar surface area (TPSA) is 87.5 Å². The number of aromatic nitrogens is 3. The number of pyridine rings is 1. The third-order valence-corrected chi connectivity index (χ3v) is 4.78. The van der Waals surface area contributed by atoms with Crippen LogP contribution in [-0.2, 0) is 18.4 Å². The van der Waals surface area contributed by atoms with Crippen molar-refractivity contribution in [1.29, 1.82) is 0 Å². The van der Waals surface area contributed by atoms with Crippen molar-refractivity contribution in [3.05, 3.63) is 40.0 Å². The fourth-order valence-electron chi connectivity index (χ4n) is 3.20. The number of benzene rings is 1. The van der Waals surface area contributed by atoms with Crippen LogP contribution < -0.4 is 19.5 Å². The van der Waals surface area contributed by atoms with Gasteiger partial charge in [-0.05, 0) is 50.1 Å². The van der Waals surface area contributed by atoms with E-state index >= 15 is 0 Å². The third-order valence-electron chi connectivity index (χ3n) is 4.49. The molecule has 0 aliphatic heterocycles.